The minimum Gasteiger partial charge on any atom is -0.405 e. The summed E-state index contributed by atoms with van der Waals surface area (Å²) in [6.45, 7) is 1.86. The van der Waals surface area contributed by atoms with Gasteiger partial charge in [-0.05, 0) is 12.5 Å². The van der Waals surface area contributed by atoms with Crippen LogP contribution in [0.3, 0.4) is 0 Å². The lowest BCUT2D eigenvalue weighted by atomic mass is 10.0. The average Bonchev–Trinajstić information content (AvgIpc) is 2.78. The van der Waals surface area contributed by atoms with Crippen molar-refractivity contribution in [2.45, 2.75) is 25.8 Å². The summed E-state index contributed by atoms with van der Waals surface area (Å²) in [5.41, 5.74) is 1.16. The SMILES string of the molecule is CCc1nn(C)cc1C(O)c1ccccc1OC(F)(F)F. The number of nitrogens with zero attached hydrogens (tertiary/aromatic N) is 2. The van der Waals surface area contributed by atoms with Crippen LogP contribution in [0.2, 0.25) is 0 Å². The van der Waals surface area contributed by atoms with Gasteiger partial charge < -0.3 is 9.84 Å². The van der Waals surface area contributed by atoms with Gasteiger partial charge >= 0.3 is 6.36 Å². The van der Waals surface area contributed by atoms with Gasteiger partial charge in [0.05, 0.1) is 5.69 Å². The van der Waals surface area contributed by atoms with Crippen LogP contribution in [0, 0.1) is 0 Å². The number of halogens is 3. The molecule has 0 fully saturated rings. The van der Waals surface area contributed by atoms with E-state index in [1.54, 1.807) is 19.3 Å². The minimum atomic E-state index is -4.81. The molecule has 21 heavy (non-hydrogen) atoms. The fourth-order valence-electron chi connectivity index (χ4n) is 2.15. The number of hydrogen-bond acceptors (Lipinski definition) is 3. The first-order valence-electron chi connectivity index (χ1n) is 6.37. The van der Waals surface area contributed by atoms with Gasteiger partial charge in [0.25, 0.3) is 0 Å². The highest BCUT2D eigenvalue weighted by Crippen LogP contribution is 2.34. The van der Waals surface area contributed by atoms with E-state index in [9.17, 15) is 18.3 Å². The molecule has 0 aliphatic carbocycles. The molecule has 1 N–H and O–H groups in total. The Morgan fingerprint density at radius 3 is 2.57 bits per heavy atom. The zero-order chi connectivity index (χ0) is 15.6. The average molecular weight is 300 g/mol. The highest BCUT2D eigenvalue weighted by Gasteiger charge is 2.33. The van der Waals surface area contributed by atoms with Crippen molar-refractivity contribution in [3.8, 4) is 5.75 Å². The summed E-state index contributed by atoms with van der Waals surface area (Å²) in [7, 11) is 1.69. The molecule has 0 aliphatic heterocycles. The van der Waals surface area contributed by atoms with E-state index in [4.69, 9.17) is 0 Å². The third-order valence-corrected chi connectivity index (χ3v) is 3.01. The van der Waals surface area contributed by atoms with E-state index in [1.807, 2.05) is 6.92 Å². The molecule has 0 bridgehead atoms. The van der Waals surface area contributed by atoms with E-state index < -0.39 is 18.2 Å². The van der Waals surface area contributed by atoms with Crippen molar-refractivity contribution in [1.82, 2.24) is 9.78 Å². The van der Waals surface area contributed by atoms with Gasteiger partial charge in [-0.25, -0.2) is 0 Å². The second-order valence-electron chi connectivity index (χ2n) is 4.55. The van der Waals surface area contributed by atoms with Crippen molar-refractivity contribution in [2.24, 2.45) is 7.05 Å². The van der Waals surface area contributed by atoms with E-state index in [1.165, 1.54) is 22.9 Å². The van der Waals surface area contributed by atoms with Crippen molar-refractivity contribution in [2.75, 3.05) is 0 Å². The Morgan fingerprint density at radius 2 is 1.95 bits per heavy atom. The van der Waals surface area contributed by atoms with E-state index in [2.05, 4.69) is 9.84 Å². The summed E-state index contributed by atoms with van der Waals surface area (Å²) < 4.78 is 42.7. The number of aromatic nitrogens is 2. The largest absolute Gasteiger partial charge is 0.573 e. The van der Waals surface area contributed by atoms with Crippen LogP contribution >= 0.6 is 0 Å². The molecule has 0 spiro atoms. The Bertz CT molecular complexity index is 623. The predicted molar refractivity (Wildman–Crippen MR) is 69.8 cm³/mol. The Balaban J connectivity index is 2.41. The van der Waals surface area contributed by atoms with E-state index >= 15 is 0 Å². The van der Waals surface area contributed by atoms with Crippen molar-refractivity contribution in [1.29, 1.82) is 0 Å². The van der Waals surface area contributed by atoms with Crippen molar-refractivity contribution < 1.29 is 23.0 Å². The summed E-state index contributed by atoms with van der Waals surface area (Å²) in [5.74, 6) is -0.414. The molecule has 1 atom stereocenters. The zero-order valence-electron chi connectivity index (χ0n) is 11.6. The summed E-state index contributed by atoms with van der Waals surface area (Å²) in [4.78, 5) is 0. The Morgan fingerprint density at radius 1 is 1.29 bits per heavy atom. The molecule has 1 unspecified atom stereocenters. The highest BCUT2D eigenvalue weighted by atomic mass is 19.4. The molecule has 4 nitrogen and oxygen atoms in total. The van der Waals surface area contributed by atoms with Gasteiger partial charge in [0.15, 0.2) is 0 Å². The monoisotopic (exact) mass is 300 g/mol. The summed E-state index contributed by atoms with van der Waals surface area (Å²) in [6, 6.07) is 5.54. The van der Waals surface area contributed by atoms with Gasteiger partial charge in [-0.1, -0.05) is 25.1 Å². The molecular formula is C14H15F3N2O2. The Kier molecular flexibility index (Phi) is 4.22. The zero-order valence-corrected chi connectivity index (χ0v) is 11.6. The standard InChI is InChI=1S/C14H15F3N2O2/c1-3-11-10(8-19(2)18-11)13(20)9-6-4-5-7-12(9)21-14(15,16)17/h4-8,13,20H,3H2,1-2H3. The number of aryl methyl sites for hydroxylation is 2. The number of aliphatic hydroxyl groups is 1. The molecule has 7 heteroatoms. The number of ether oxygens (including phenoxy) is 1. The summed E-state index contributed by atoms with van der Waals surface area (Å²) in [5, 5.41) is 14.6. The molecule has 1 aromatic heterocycles. The van der Waals surface area contributed by atoms with Gasteiger partial charge in [0, 0.05) is 24.4 Å². The lowest BCUT2D eigenvalue weighted by molar-refractivity contribution is -0.275. The first kappa shape index (κ1) is 15.4. The van der Waals surface area contributed by atoms with Gasteiger partial charge in [-0.3, -0.25) is 4.68 Å². The van der Waals surface area contributed by atoms with Gasteiger partial charge in [0.2, 0.25) is 0 Å². The molecule has 0 saturated carbocycles. The smallest absolute Gasteiger partial charge is 0.405 e. The molecule has 0 radical (unpaired) electrons. The van der Waals surface area contributed by atoms with Crippen LogP contribution in [-0.4, -0.2) is 21.2 Å². The molecule has 0 aliphatic rings. The third-order valence-electron chi connectivity index (χ3n) is 3.01. The van der Waals surface area contributed by atoms with Crippen molar-refractivity contribution in [3.05, 3.63) is 47.3 Å². The van der Waals surface area contributed by atoms with Gasteiger partial charge in [-0.15, -0.1) is 13.2 Å². The van der Waals surface area contributed by atoms with Crippen LogP contribution in [0.4, 0.5) is 13.2 Å². The van der Waals surface area contributed by atoms with Crippen LogP contribution in [-0.2, 0) is 13.5 Å². The van der Waals surface area contributed by atoms with Crippen LogP contribution in [0.5, 0.6) is 5.75 Å². The second kappa shape index (κ2) is 5.77. The second-order valence-corrected chi connectivity index (χ2v) is 4.55. The van der Waals surface area contributed by atoms with Gasteiger partial charge in [0.1, 0.15) is 11.9 Å². The van der Waals surface area contributed by atoms with Crippen molar-refractivity contribution in [3.63, 3.8) is 0 Å². The van der Waals surface area contributed by atoms with E-state index in [0.717, 1.165) is 0 Å². The number of benzene rings is 1. The molecular weight excluding hydrogens is 285 g/mol. The molecule has 114 valence electrons. The van der Waals surface area contributed by atoms with Crippen LogP contribution in [0.15, 0.2) is 30.5 Å². The first-order chi connectivity index (χ1) is 9.81. The maximum Gasteiger partial charge on any atom is 0.573 e. The topological polar surface area (TPSA) is 47.3 Å². The first-order valence-corrected chi connectivity index (χ1v) is 6.37. The number of alkyl halides is 3. The molecule has 2 aromatic rings. The maximum atomic E-state index is 12.4. The van der Waals surface area contributed by atoms with Crippen LogP contribution < -0.4 is 4.74 Å². The number of aliphatic hydroxyl groups excluding tert-OH is 1. The lowest BCUT2D eigenvalue weighted by Crippen LogP contribution is -2.19. The predicted octanol–water partition coefficient (Wildman–Crippen LogP) is 2.96. The summed E-state index contributed by atoms with van der Waals surface area (Å²) >= 11 is 0. The molecule has 0 amide bonds. The fraction of sp³-hybridized carbons (Fsp3) is 0.357. The van der Waals surface area contributed by atoms with Crippen LogP contribution in [0.1, 0.15) is 29.8 Å². The fourth-order valence-corrected chi connectivity index (χ4v) is 2.15. The van der Waals surface area contributed by atoms with Gasteiger partial charge in [-0.2, -0.15) is 5.10 Å². The molecule has 0 saturated heterocycles. The van der Waals surface area contributed by atoms with E-state index in [0.29, 0.717) is 17.7 Å². The van der Waals surface area contributed by atoms with Crippen LogP contribution in [0.25, 0.3) is 0 Å². The van der Waals surface area contributed by atoms with E-state index in [-0.39, 0.29) is 5.56 Å². The quantitative estimate of drug-likeness (QED) is 0.944. The van der Waals surface area contributed by atoms with Crippen molar-refractivity contribution >= 4 is 0 Å². The maximum absolute atomic E-state index is 12.4. The number of rotatable bonds is 4. The molecule has 2 rings (SSSR count). The highest BCUT2D eigenvalue weighted by molar-refractivity contribution is 5.41. The third kappa shape index (κ3) is 3.55. The lowest BCUT2D eigenvalue weighted by Gasteiger charge is -2.17. The number of para-hydroxylation sites is 1. The Labute approximate surface area is 119 Å². The molecule has 1 heterocycles. The summed E-state index contributed by atoms with van der Waals surface area (Å²) in [6.07, 6.45) is -3.88. The Hall–Kier alpha value is -2.02. The molecule has 1 aromatic carbocycles. The minimum absolute atomic E-state index is 0.0533. The normalized spacial score (nSPS) is 13.2. The number of hydrogen-bond donors (Lipinski definition) is 1.